The lowest BCUT2D eigenvalue weighted by molar-refractivity contribution is -0.00782. The zero-order valence-electron chi connectivity index (χ0n) is 11.9. The van der Waals surface area contributed by atoms with E-state index in [2.05, 4.69) is 31.0 Å². The fourth-order valence-corrected chi connectivity index (χ4v) is 2.34. The molecule has 102 valence electrons. The molecule has 0 aliphatic carbocycles. The molecular weight excluding hydrogens is 212 g/mol. The molecule has 0 amide bonds. The molecule has 1 aliphatic heterocycles. The Kier molecular flexibility index (Phi) is 7.82. The minimum absolute atomic E-state index is 0.640. The monoisotopic (exact) mass is 242 g/mol. The highest BCUT2D eigenvalue weighted by atomic mass is 16.5. The smallest absolute Gasteiger partial charge is 0.0622 e. The third-order valence-corrected chi connectivity index (χ3v) is 3.53. The Morgan fingerprint density at radius 3 is 2.88 bits per heavy atom. The second-order valence-electron chi connectivity index (χ2n) is 5.46. The second kappa shape index (κ2) is 8.90. The van der Waals surface area contributed by atoms with Crippen LogP contribution in [-0.2, 0) is 4.74 Å². The number of ether oxygens (including phenoxy) is 1. The van der Waals surface area contributed by atoms with Crippen molar-refractivity contribution in [1.82, 2.24) is 10.2 Å². The summed E-state index contributed by atoms with van der Waals surface area (Å²) in [5, 5.41) is 3.55. The van der Waals surface area contributed by atoms with E-state index in [1.54, 1.807) is 0 Å². The van der Waals surface area contributed by atoms with Gasteiger partial charge >= 0.3 is 0 Å². The Balaban J connectivity index is 2.01. The minimum Gasteiger partial charge on any atom is -0.378 e. The first-order chi connectivity index (χ1) is 8.24. The highest BCUT2D eigenvalue weighted by Crippen LogP contribution is 2.09. The molecule has 0 bridgehead atoms. The standard InChI is InChI=1S/C14H30N2O/c1-4-14-12-17-11-10-16(14)9-8-15-7-5-6-13(2)3/h13-15H,4-12H2,1-3H3. The number of rotatable bonds is 8. The summed E-state index contributed by atoms with van der Waals surface area (Å²) in [6, 6.07) is 0.640. The maximum absolute atomic E-state index is 5.51. The quantitative estimate of drug-likeness (QED) is 0.660. The average Bonchev–Trinajstić information content (AvgIpc) is 2.33. The first-order valence-corrected chi connectivity index (χ1v) is 7.26. The lowest BCUT2D eigenvalue weighted by Crippen LogP contribution is -2.47. The predicted octanol–water partition coefficient (Wildman–Crippen LogP) is 2.12. The minimum atomic E-state index is 0.640. The van der Waals surface area contributed by atoms with Gasteiger partial charge in [-0.05, 0) is 31.7 Å². The van der Waals surface area contributed by atoms with Gasteiger partial charge in [-0.2, -0.15) is 0 Å². The van der Waals surface area contributed by atoms with Crippen LogP contribution >= 0.6 is 0 Å². The molecule has 1 aliphatic rings. The van der Waals surface area contributed by atoms with Gasteiger partial charge in [0.1, 0.15) is 0 Å². The summed E-state index contributed by atoms with van der Waals surface area (Å²) in [5.41, 5.74) is 0. The Morgan fingerprint density at radius 2 is 2.18 bits per heavy atom. The zero-order chi connectivity index (χ0) is 12.5. The van der Waals surface area contributed by atoms with E-state index in [0.717, 1.165) is 32.2 Å². The van der Waals surface area contributed by atoms with E-state index in [1.807, 2.05) is 0 Å². The largest absolute Gasteiger partial charge is 0.378 e. The summed E-state index contributed by atoms with van der Waals surface area (Å²) >= 11 is 0. The molecule has 3 nitrogen and oxygen atoms in total. The summed E-state index contributed by atoms with van der Waals surface area (Å²) in [6.07, 6.45) is 3.84. The summed E-state index contributed by atoms with van der Waals surface area (Å²) in [5.74, 6) is 0.834. The number of hydrogen-bond acceptors (Lipinski definition) is 3. The topological polar surface area (TPSA) is 24.5 Å². The highest BCUT2D eigenvalue weighted by Gasteiger charge is 2.20. The fourth-order valence-electron chi connectivity index (χ4n) is 2.34. The van der Waals surface area contributed by atoms with Crippen molar-refractivity contribution in [2.24, 2.45) is 5.92 Å². The third-order valence-electron chi connectivity index (χ3n) is 3.53. The molecule has 0 saturated carbocycles. The van der Waals surface area contributed by atoms with Crippen molar-refractivity contribution < 1.29 is 4.74 Å². The van der Waals surface area contributed by atoms with Crippen molar-refractivity contribution in [2.75, 3.05) is 39.4 Å². The van der Waals surface area contributed by atoms with Crippen molar-refractivity contribution in [3.63, 3.8) is 0 Å². The third kappa shape index (κ3) is 6.39. The van der Waals surface area contributed by atoms with E-state index >= 15 is 0 Å². The molecule has 1 unspecified atom stereocenters. The summed E-state index contributed by atoms with van der Waals surface area (Å²) in [6.45, 7) is 13.2. The fraction of sp³-hybridized carbons (Fsp3) is 1.00. The molecule has 1 N–H and O–H groups in total. The van der Waals surface area contributed by atoms with Crippen LogP contribution < -0.4 is 5.32 Å². The number of hydrogen-bond donors (Lipinski definition) is 1. The molecule has 0 radical (unpaired) electrons. The average molecular weight is 242 g/mol. The van der Waals surface area contributed by atoms with Crippen LogP contribution in [0, 0.1) is 5.92 Å². The van der Waals surface area contributed by atoms with Gasteiger partial charge in [0.15, 0.2) is 0 Å². The van der Waals surface area contributed by atoms with E-state index in [0.29, 0.717) is 6.04 Å². The van der Waals surface area contributed by atoms with E-state index < -0.39 is 0 Å². The Bertz CT molecular complexity index is 185. The van der Waals surface area contributed by atoms with E-state index in [4.69, 9.17) is 4.74 Å². The SMILES string of the molecule is CCC1COCCN1CCNCCCC(C)C. The first kappa shape index (κ1) is 14.9. The summed E-state index contributed by atoms with van der Waals surface area (Å²) in [7, 11) is 0. The summed E-state index contributed by atoms with van der Waals surface area (Å²) in [4.78, 5) is 2.57. The molecule has 3 heteroatoms. The first-order valence-electron chi connectivity index (χ1n) is 7.26. The molecule has 0 spiro atoms. The number of nitrogens with zero attached hydrogens (tertiary/aromatic N) is 1. The molecule has 1 atom stereocenters. The Labute approximate surface area is 107 Å². The van der Waals surface area contributed by atoms with Gasteiger partial charge in [-0.1, -0.05) is 20.8 Å². The van der Waals surface area contributed by atoms with Crippen LogP contribution in [0.1, 0.15) is 40.0 Å². The van der Waals surface area contributed by atoms with Gasteiger partial charge in [0.2, 0.25) is 0 Å². The van der Waals surface area contributed by atoms with Gasteiger partial charge in [-0.15, -0.1) is 0 Å². The van der Waals surface area contributed by atoms with Crippen LogP contribution in [0.15, 0.2) is 0 Å². The number of morpholine rings is 1. The molecule has 1 saturated heterocycles. The van der Waals surface area contributed by atoms with Crippen molar-refractivity contribution in [1.29, 1.82) is 0 Å². The Hall–Kier alpha value is -0.120. The van der Waals surface area contributed by atoms with Crippen LogP contribution in [0.4, 0.5) is 0 Å². The maximum atomic E-state index is 5.51. The highest BCUT2D eigenvalue weighted by molar-refractivity contribution is 4.74. The van der Waals surface area contributed by atoms with Crippen LogP contribution in [0.3, 0.4) is 0 Å². The van der Waals surface area contributed by atoms with Crippen molar-refractivity contribution in [3.8, 4) is 0 Å². The summed E-state index contributed by atoms with van der Waals surface area (Å²) < 4.78 is 5.51. The van der Waals surface area contributed by atoms with Crippen LogP contribution in [-0.4, -0.2) is 50.3 Å². The molecule has 0 aromatic heterocycles. The van der Waals surface area contributed by atoms with Gasteiger partial charge in [0, 0.05) is 25.7 Å². The maximum Gasteiger partial charge on any atom is 0.0622 e. The van der Waals surface area contributed by atoms with Crippen LogP contribution in [0.2, 0.25) is 0 Å². The van der Waals surface area contributed by atoms with Gasteiger partial charge in [0.25, 0.3) is 0 Å². The van der Waals surface area contributed by atoms with E-state index in [1.165, 1.54) is 32.4 Å². The normalized spacial score (nSPS) is 22.2. The van der Waals surface area contributed by atoms with Crippen molar-refractivity contribution in [3.05, 3.63) is 0 Å². The predicted molar refractivity (Wildman–Crippen MR) is 73.4 cm³/mol. The molecule has 0 aromatic carbocycles. The molecule has 1 rings (SSSR count). The molecule has 1 fully saturated rings. The van der Waals surface area contributed by atoms with E-state index in [9.17, 15) is 0 Å². The van der Waals surface area contributed by atoms with E-state index in [-0.39, 0.29) is 0 Å². The van der Waals surface area contributed by atoms with Gasteiger partial charge in [0.05, 0.1) is 13.2 Å². The van der Waals surface area contributed by atoms with Gasteiger partial charge < -0.3 is 10.1 Å². The van der Waals surface area contributed by atoms with Crippen molar-refractivity contribution >= 4 is 0 Å². The van der Waals surface area contributed by atoms with Gasteiger partial charge in [-0.3, -0.25) is 4.90 Å². The zero-order valence-corrected chi connectivity index (χ0v) is 11.9. The van der Waals surface area contributed by atoms with Gasteiger partial charge in [-0.25, -0.2) is 0 Å². The molecule has 17 heavy (non-hydrogen) atoms. The lowest BCUT2D eigenvalue weighted by Gasteiger charge is -2.35. The second-order valence-corrected chi connectivity index (χ2v) is 5.46. The molecule has 1 heterocycles. The number of nitrogens with one attached hydrogen (secondary N) is 1. The molecular formula is C14H30N2O. The lowest BCUT2D eigenvalue weighted by atomic mass is 10.1. The van der Waals surface area contributed by atoms with Crippen molar-refractivity contribution in [2.45, 2.75) is 46.1 Å². The van der Waals surface area contributed by atoms with Crippen LogP contribution in [0.25, 0.3) is 0 Å². The van der Waals surface area contributed by atoms with Crippen LogP contribution in [0.5, 0.6) is 0 Å². The molecule has 0 aromatic rings. The Morgan fingerprint density at radius 1 is 1.35 bits per heavy atom.